The van der Waals surface area contributed by atoms with E-state index in [0.29, 0.717) is 17.7 Å². The fraction of sp³-hybridized carbons (Fsp3) is 0.600. The molecule has 2 fully saturated rings. The summed E-state index contributed by atoms with van der Waals surface area (Å²) in [5.74, 6) is 0. The van der Waals surface area contributed by atoms with Crippen LogP contribution in [-0.2, 0) is 19.3 Å². The molecule has 212 valence electrons. The van der Waals surface area contributed by atoms with Crippen LogP contribution < -0.4 is 5.32 Å². The zero-order valence-electron chi connectivity index (χ0n) is 23.8. The van der Waals surface area contributed by atoms with Gasteiger partial charge in [-0.15, -0.1) is 0 Å². The van der Waals surface area contributed by atoms with Gasteiger partial charge < -0.3 is 15.1 Å². The average Bonchev–Trinajstić information content (AvgIpc) is 3.34. The lowest BCUT2D eigenvalue weighted by molar-refractivity contribution is -0.138. The molecule has 0 saturated carbocycles. The summed E-state index contributed by atoms with van der Waals surface area (Å²) >= 11 is 0. The van der Waals surface area contributed by atoms with Gasteiger partial charge in [0.2, 0.25) is 0 Å². The molecule has 5 nitrogen and oxygen atoms in total. The van der Waals surface area contributed by atoms with E-state index in [9.17, 15) is 13.2 Å². The maximum Gasteiger partial charge on any atom is 0.416 e. The van der Waals surface area contributed by atoms with Crippen LogP contribution in [0.25, 0.3) is 0 Å². The van der Waals surface area contributed by atoms with Crippen LogP contribution in [0, 0.1) is 13.8 Å². The minimum Gasteiger partial charge on any atom is -0.311 e. The van der Waals surface area contributed by atoms with Crippen molar-refractivity contribution in [2.45, 2.75) is 45.6 Å². The number of likely N-dealkylation sites (tertiary alicyclic amines) is 1. The van der Waals surface area contributed by atoms with E-state index >= 15 is 0 Å². The molecule has 2 aliphatic heterocycles. The maximum atomic E-state index is 13.0. The third kappa shape index (κ3) is 9.97. The first-order valence-electron chi connectivity index (χ1n) is 13.7. The highest BCUT2D eigenvalue weighted by Crippen LogP contribution is 2.32. The van der Waals surface area contributed by atoms with Crippen molar-refractivity contribution in [1.29, 1.82) is 0 Å². The van der Waals surface area contributed by atoms with Crippen molar-refractivity contribution in [2.24, 2.45) is 0 Å². The van der Waals surface area contributed by atoms with Crippen LogP contribution >= 0.6 is 0 Å². The van der Waals surface area contributed by atoms with Gasteiger partial charge in [-0.05, 0) is 58.6 Å². The van der Waals surface area contributed by atoms with E-state index in [2.05, 4.69) is 77.2 Å². The molecule has 0 aliphatic carbocycles. The van der Waals surface area contributed by atoms with Gasteiger partial charge in [0.15, 0.2) is 0 Å². The number of alkyl halides is 3. The van der Waals surface area contributed by atoms with E-state index in [1.54, 1.807) is 19.1 Å². The Morgan fingerprint density at radius 3 is 2.16 bits per heavy atom. The number of rotatable bonds is 8. The molecule has 38 heavy (non-hydrogen) atoms. The summed E-state index contributed by atoms with van der Waals surface area (Å²) in [6, 6.07) is 14.2. The van der Waals surface area contributed by atoms with E-state index in [-0.39, 0.29) is 6.54 Å². The topological polar surface area (TPSA) is 25.0 Å². The summed E-state index contributed by atoms with van der Waals surface area (Å²) in [4.78, 5) is 9.52. The van der Waals surface area contributed by atoms with Crippen molar-refractivity contribution < 1.29 is 13.2 Å². The number of nitrogens with one attached hydrogen (secondary N) is 1. The second-order valence-corrected chi connectivity index (χ2v) is 11.1. The molecular formula is C30H46F3N5. The van der Waals surface area contributed by atoms with Gasteiger partial charge >= 0.3 is 6.18 Å². The van der Waals surface area contributed by atoms with Crippen molar-refractivity contribution in [1.82, 2.24) is 24.9 Å². The standard InChI is InChI=1S/C16H24F3N3.C14H22N2/c1-13-3-4-14(15(11-13)16(17,18)19)12-20-5-6-22-9-7-21(2)8-10-22;1-12-4-6-13(7-5-12)10-16-9-8-14(11-16)15(2)3/h3-4,11,20H,5-10,12H2,1-2H3;4-7,14H,8-11H2,1-3H3. The number of piperazine rings is 1. The monoisotopic (exact) mass is 533 g/mol. The zero-order valence-corrected chi connectivity index (χ0v) is 23.8. The van der Waals surface area contributed by atoms with Gasteiger partial charge in [-0.3, -0.25) is 9.80 Å². The summed E-state index contributed by atoms with van der Waals surface area (Å²) < 4.78 is 39.1. The van der Waals surface area contributed by atoms with E-state index < -0.39 is 11.7 Å². The van der Waals surface area contributed by atoms with Gasteiger partial charge in [-0.2, -0.15) is 13.2 Å². The molecule has 1 unspecified atom stereocenters. The first kappa shape index (κ1) is 30.6. The first-order valence-corrected chi connectivity index (χ1v) is 13.7. The van der Waals surface area contributed by atoms with Gasteiger partial charge in [0.1, 0.15) is 0 Å². The highest BCUT2D eigenvalue weighted by molar-refractivity contribution is 5.33. The minimum absolute atomic E-state index is 0.253. The molecule has 1 atom stereocenters. The Kier molecular flexibility index (Phi) is 11.6. The molecule has 4 rings (SSSR count). The fourth-order valence-corrected chi connectivity index (χ4v) is 4.97. The van der Waals surface area contributed by atoms with Gasteiger partial charge in [-0.1, -0.05) is 47.5 Å². The number of hydrogen-bond donors (Lipinski definition) is 1. The smallest absolute Gasteiger partial charge is 0.311 e. The largest absolute Gasteiger partial charge is 0.416 e. The molecule has 0 amide bonds. The Balaban J connectivity index is 0.000000221. The van der Waals surface area contributed by atoms with Crippen LogP contribution in [-0.4, -0.2) is 99.1 Å². The molecule has 2 aromatic rings. The summed E-state index contributed by atoms with van der Waals surface area (Å²) in [5, 5.41) is 3.14. The number of nitrogens with zero attached hydrogens (tertiary/aromatic N) is 4. The third-order valence-corrected chi connectivity index (χ3v) is 7.59. The molecule has 0 radical (unpaired) electrons. The van der Waals surface area contributed by atoms with Crippen molar-refractivity contribution in [3.8, 4) is 0 Å². The van der Waals surface area contributed by atoms with Gasteiger partial charge in [0.05, 0.1) is 5.56 Å². The second kappa shape index (κ2) is 14.4. The normalized spacial score (nSPS) is 19.6. The SMILES string of the molecule is Cc1ccc(CN2CCC(N(C)C)C2)cc1.Cc1ccc(CNCCN2CCN(C)CC2)c(C(F)(F)F)c1. The lowest BCUT2D eigenvalue weighted by Gasteiger charge is -2.32. The zero-order chi connectivity index (χ0) is 27.7. The molecular weight excluding hydrogens is 487 g/mol. The number of halogens is 3. The Morgan fingerprint density at radius 2 is 1.55 bits per heavy atom. The Bertz CT molecular complexity index is 969. The van der Waals surface area contributed by atoms with Gasteiger partial charge in [-0.25, -0.2) is 0 Å². The summed E-state index contributed by atoms with van der Waals surface area (Å²) in [6.45, 7) is 13.3. The highest BCUT2D eigenvalue weighted by Gasteiger charge is 2.33. The fourth-order valence-electron chi connectivity index (χ4n) is 4.97. The quantitative estimate of drug-likeness (QED) is 0.505. The summed E-state index contributed by atoms with van der Waals surface area (Å²) in [6.07, 6.45) is -2.99. The van der Waals surface area contributed by atoms with Gasteiger partial charge in [0, 0.05) is 71.5 Å². The lowest BCUT2D eigenvalue weighted by atomic mass is 10.0. The van der Waals surface area contributed by atoms with Crippen molar-refractivity contribution >= 4 is 0 Å². The number of benzene rings is 2. The molecule has 2 aromatic carbocycles. The Morgan fingerprint density at radius 1 is 0.895 bits per heavy atom. The molecule has 8 heteroatoms. The minimum atomic E-state index is -4.29. The van der Waals surface area contributed by atoms with Crippen LogP contribution in [0.3, 0.4) is 0 Å². The highest BCUT2D eigenvalue weighted by atomic mass is 19.4. The average molecular weight is 534 g/mol. The molecule has 0 bridgehead atoms. The van der Waals surface area contributed by atoms with Gasteiger partial charge in [0.25, 0.3) is 0 Å². The number of hydrogen-bond acceptors (Lipinski definition) is 5. The Hall–Kier alpha value is -1.97. The molecule has 2 heterocycles. The van der Waals surface area contributed by atoms with E-state index in [0.717, 1.165) is 45.3 Å². The van der Waals surface area contributed by atoms with Crippen molar-refractivity contribution in [3.63, 3.8) is 0 Å². The predicted molar refractivity (Wildman–Crippen MR) is 150 cm³/mol. The number of likely N-dealkylation sites (N-methyl/N-ethyl adjacent to an activating group) is 2. The van der Waals surface area contributed by atoms with Crippen molar-refractivity contribution in [2.75, 3.05) is 73.5 Å². The second-order valence-electron chi connectivity index (χ2n) is 11.1. The number of aryl methyl sites for hydroxylation is 2. The summed E-state index contributed by atoms with van der Waals surface area (Å²) in [7, 11) is 6.46. The maximum absolute atomic E-state index is 13.0. The molecule has 2 aliphatic rings. The van der Waals surface area contributed by atoms with Crippen LogP contribution in [0.15, 0.2) is 42.5 Å². The van der Waals surface area contributed by atoms with Crippen LogP contribution in [0.5, 0.6) is 0 Å². The Labute approximate surface area is 227 Å². The van der Waals surface area contributed by atoms with E-state index in [1.807, 2.05) is 0 Å². The van der Waals surface area contributed by atoms with E-state index in [4.69, 9.17) is 0 Å². The van der Waals surface area contributed by atoms with E-state index in [1.165, 1.54) is 36.7 Å². The summed E-state index contributed by atoms with van der Waals surface area (Å²) in [5.41, 5.74) is 3.20. The predicted octanol–water partition coefficient (Wildman–Crippen LogP) is 4.48. The first-order chi connectivity index (χ1) is 18.0. The molecule has 0 spiro atoms. The van der Waals surface area contributed by atoms with Crippen LogP contribution in [0.2, 0.25) is 0 Å². The lowest BCUT2D eigenvalue weighted by Crippen LogP contribution is -2.46. The van der Waals surface area contributed by atoms with Crippen LogP contribution in [0.4, 0.5) is 13.2 Å². The molecule has 2 saturated heterocycles. The molecule has 1 N–H and O–H groups in total. The van der Waals surface area contributed by atoms with Crippen molar-refractivity contribution in [3.05, 3.63) is 70.3 Å². The third-order valence-electron chi connectivity index (χ3n) is 7.59. The van der Waals surface area contributed by atoms with Crippen LogP contribution in [0.1, 0.15) is 34.2 Å². The molecule has 0 aromatic heterocycles.